The molecule has 1 aliphatic rings. The normalized spacial score (nSPS) is 15.9. The average Bonchev–Trinajstić information content (AvgIpc) is 2.43. The van der Waals surface area contributed by atoms with E-state index in [1.807, 2.05) is 0 Å². The molecule has 1 saturated carbocycles. The lowest BCUT2D eigenvalue weighted by atomic mass is 9.89. The molecule has 20 heavy (non-hydrogen) atoms. The van der Waals surface area contributed by atoms with Crippen molar-refractivity contribution in [1.82, 2.24) is 5.32 Å². The van der Waals surface area contributed by atoms with Crippen LogP contribution in [0.15, 0.2) is 12.1 Å². The molecule has 2 rings (SSSR count). The summed E-state index contributed by atoms with van der Waals surface area (Å²) < 4.78 is 26.8. The van der Waals surface area contributed by atoms with Crippen molar-refractivity contribution in [2.24, 2.45) is 5.92 Å². The summed E-state index contributed by atoms with van der Waals surface area (Å²) >= 11 is 5.16. The molecule has 0 unspecified atom stereocenters. The molecule has 0 radical (unpaired) electrons. The first-order valence-electron chi connectivity index (χ1n) is 7.07. The van der Waals surface area contributed by atoms with Crippen molar-refractivity contribution in [3.05, 3.63) is 29.3 Å². The zero-order valence-electron chi connectivity index (χ0n) is 11.6. The van der Waals surface area contributed by atoms with Gasteiger partial charge in [-0.05, 0) is 50.0 Å². The number of anilines is 1. The molecule has 2 N–H and O–H groups in total. The van der Waals surface area contributed by atoms with Gasteiger partial charge in [-0.3, -0.25) is 0 Å². The molecule has 0 aliphatic heterocycles. The maximum absolute atomic E-state index is 13.4. The minimum absolute atomic E-state index is 0.0247. The number of thiocarbonyl (C=S) groups is 1. The topological polar surface area (TPSA) is 24.1 Å². The predicted molar refractivity (Wildman–Crippen MR) is 81.9 cm³/mol. The molecule has 1 aromatic rings. The fourth-order valence-corrected chi connectivity index (χ4v) is 2.72. The van der Waals surface area contributed by atoms with E-state index in [1.165, 1.54) is 51.2 Å². The lowest BCUT2D eigenvalue weighted by Crippen LogP contribution is -2.33. The molecule has 0 bridgehead atoms. The molecule has 0 amide bonds. The Balaban J connectivity index is 1.84. The first kappa shape index (κ1) is 15.2. The van der Waals surface area contributed by atoms with Crippen LogP contribution in [0.4, 0.5) is 14.5 Å². The van der Waals surface area contributed by atoms with Crippen LogP contribution in [0.25, 0.3) is 0 Å². The van der Waals surface area contributed by atoms with E-state index in [2.05, 4.69) is 10.6 Å². The zero-order valence-corrected chi connectivity index (χ0v) is 12.5. The van der Waals surface area contributed by atoms with Crippen molar-refractivity contribution in [3.8, 4) is 0 Å². The van der Waals surface area contributed by atoms with Gasteiger partial charge in [0.25, 0.3) is 0 Å². The maximum Gasteiger partial charge on any atom is 0.170 e. The molecule has 2 nitrogen and oxygen atoms in total. The Morgan fingerprint density at radius 3 is 2.40 bits per heavy atom. The van der Waals surface area contributed by atoms with Gasteiger partial charge in [-0.2, -0.15) is 0 Å². The Hall–Kier alpha value is -1.23. The second kappa shape index (κ2) is 6.97. The van der Waals surface area contributed by atoms with Crippen molar-refractivity contribution in [1.29, 1.82) is 0 Å². The molecular formula is C15H20F2N2S. The van der Waals surface area contributed by atoms with Gasteiger partial charge in [0.05, 0.1) is 0 Å². The van der Waals surface area contributed by atoms with E-state index in [9.17, 15) is 8.78 Å². The van der Waals surface area contributed by atoms with Crippen molar-refractivity contribution >= 4 is 23.0 Å². The van der Waals surface area contributed by atoms with Gasteiger partial charge in [0, 0.05) is 17.8 Å². The molecule has 0 saturated heterocycles. The number of hydrogen-bond donors (Lipinski definition) is 2. The molecular weight excluding hydrogens is 278 g/mol. The van der Waals surface area contributed by atoms with Gasteiger partial charge >= 0.3 is 0 Å². The van der Waals surface area contributed by atoms with Crippen LogP contribution >= 0.6 is 12.2 Å². The highest BCUT2D eigenvalue weighted by atomic mass is 32.1. The Labute approximate surface area is 123 Å². The highest BCUT2D eigenvalue weighted by Crippen LogP contribution is 2.23. The van der Waals surface area contributed by atoms with Crippen LogP contribution in [0.5, 0.6) is 0 Å². The monoisotopic (exact) mass is 298 g/mol. The van der Waals surface area contributed by atoms with Crippen LogP contribution in [0.1, 0.15) is 37.7 Å². The molecule has 0 spiro atoms. The van der Waals surface area contributed by atoms with Crippen molar-refractivity contribution < 1.29 is 8.78 Å². The van der Waals surface area contributed by atoms with E-state index in [-0.39, 0.29) is 5.56 Å². The molecule has 0 atom stereocenters. The van der Waals surface area contributed by atoms with Gasteiger partial charge in [-0.25, -0.2) is 8.78 Å². The number of nitrogens with one attached hydrogen (secondary N) is 2. The van der Waals surface area contributed by atoms with E-state index in [1.54, 1.807) is 0 Å². The van der Waals surface area contributed by atoms with Crippen LogP contribution < -0.4 is 10.6 Å². The second-order valence-corrected chi connectivity index (χ2v) is 5.81. The van der Waals surface area contributed by atoms with Crippen molar-refractivity contribution in [2.75, 3.05) is 11.9 Å². The van der Waals surface area contributed by atoms with Gasteiger partial charge in [0.15, 0.2) is 5.11 Å². The second-order valence-electron chi connectivity index (χ2n) is 5.40. The summed E-state index contributed by atoms with van der Waals surface area (Å²) in [5.74, 6) is -0.486. The quantitative estimate of drug-likeness (QED) is 0.820. The molecule has 1 fully saturated rings. The van der Waals surface area contributed by atoms with Gasteiger partial charge < -0.3 is 10.6 Å². The van der Waals surface area contributed by atoms with Gasteiger partial charge in [0.1, 0.15) is 11.6 Å². The standard InChI is InChI=1S/C15H20F2N2S/c1-10-13(16)7-12(8-14(10)17)19-15(20)18-9-11-5-3-2-4-6-11/h7-8,11H,2-6,9H2,1H3,(H2,18,19,20). The third-order valence-electron chi connectivity index (χ3n) is 3.81. The van der Waals surface area contributed by atoms with Crippen LogP contribution in [0.2, 0.25) is 0 Å². The van der Waals surface area contributed by atoms with Crippen LogP contribution in [-0.2, 0) is 0 Å². The van der Waals surface area contributed by atoms with E-state index < -0.39 is 11.6 Å². The summed E-state index contributed by atoms with van der Waals surface area (Å²) in [5, 5.41) is 6.38. The number of benzene rings is 1. The fraction of sp³-hybridized carbons (Fsp3) is 0.533. The third kappa shape index (κ3) is 4.13. The third-order valence-corrected chi connectivity index (χ3v) is 4.06. The smallest absolute Gasteiger partial charge is 0.170 e. The summed E-state index contributed by atoms with van der Waals surface area (Å²) in [6.45, 7) is 2.23. The molecule has 5 heteroatoms. The Kier molecular flexibility index (Phi) is 5.29. The Morgan fingerprint density at radius 1 is 1.20 bits per heavy atom. The van der Waals surface area contributed by atoms with Crippen molar-refractivity contribution in [3.63, 3.8) is 0 Å². The maximum atomic E-state index is 13.4. The predicted octanol–water partition coefficient (Wildman–Crippen LogP) is 4.14. The first-order chi connectivity index (χ1) is 9.56. The van der Waals surface area contributed by atoms with Gasteiger partial charge in [-0.1, -0.05) is 19.3 Å². The van der Waals surface area contributed by atoms with Crippen LogP contribution in [0, 0.1) is 24.5 Å². The van der Waals surface area contributed by atoms with Gasteiger partial charge in [0.2, 0.25) is 0 Å². The first-order valence-corrected chi connectivity index (χ1v) is 7.47. The molecule has 0 heterocycles. The summed E-state index contributed by atoms with van der Waals surface area (Å²) in [5.41, 5.74) is 0.364. The Bertz CT molecular complexity index is 462. The lowest BCUT2D eigenvalue weighted by molar-refractivity contribution is 0.357. The fourth-order valence-electron chi connectivity index (χ4n) is 2.52. The van der Waals surface area contributed by atoms with Crippen molar-refractivity contribution in [2.45, 2.75) is 39.0 Å². The number of hydrogen-bond acceptors (Lipinski definition) is 1. The largest absolute Gasteiger partial charge is 0.362 e. The number of halogens is 2. The highest BCUT2D eigenvalue weighted by Gasteiger charge is 2.13. The zero-order chi connectivity index (χ0) is 14.5. The SMILES string of the molecule is Cc1c(F)cc(NC(=S)NCC2CCCCC2)cc1F. The summed E-state index contributed by atoms with van der Waals surface area (Å²) in [7, 11) is 0. The molecule has 1 aromatic carbocycles. The number of rotatable bonds is 3. The van der Waals surface area contributed by atoms with E-state index in [0.29, 0.717) is 16.7 Å². The highest BCUT2D eigenvalue weighted by molar-refractivity contribution is 7.80. The minimum Gasteiger partial charge on any atom is -0.362 e. The summed E-state index contributed by atoms with van der Waals surface area (Å²) in [6.07, 6.45) is 6.33. The summed E-state index contributed by atoms with van der Waals surface area (Å²) in [6, 6.07) is 2.51. The summed E-state index contributed by atoms with van der Waals surface area (Å²) in [4.78, 5) is 0. The van der Waals surface area contributed by atoms with E-state index in [0.717, 1.165) is 6.54 Å². The van der Waals surface area contributed by atoms with E-state index >= 15 is 0 Å². The average molecular weight is 298 g/mol. The van der Waals surface area contributed by atoms with Crippen LogP contribution in [-0.4, -0.2) is 11.7 Å². The minimum atomic E-state index is -0.567. The molecule has 1 aliphatic carbocycles. The molecule has 110 valence electrons. The lowest BCUT2D eigenvalue weighted by Gasteiger charge is -2.22. The Morgan fingerprint density at radius 2 is 1.80 bits per heavy atom. The molecule has 0 aromatic heterocycles. The van der Waals surface area contributed by atoms with Crippen LogP contribution in [0.3, 0.4) is 0 Å². The van der Waals surface area contributed by atoms with E-state index in [4.69, 9.17) is 12.2 Å². The van der Waals surface area contributed by atoms with Gasteiger partial charge in [-0.15, -0.1) is 0 Å².